The van der Waals surface area contributed by atoms with Gasteiger partial charge in [-0.3, -0.25) is 9.78 Å². The molecule has 2 atom stereocenters. The molecule has 15 heavy (non-hydrogen) atoms. The van der Waals surface area contributed by atoms with Crippen LogP contribution in [-0.2, 0) is 0 Å². The number of thiazole rings is 1. The van der Waals surface area contributed by atoms with Crippen molar-refractivity contribution in [3.05, 3.63) is 16.6 Å². The predicted molar refractivity (Wildman–Crippen MR) is 61.4 cm³/mol. The van der Waals surface area contributed by atoms with Crippen molar-refractivity contribution in [2.75, 3.05) is 6.54 Å². The third kappa shape index (κ3) is 2.69. The minimum atomic E-state index is -0.0340. The largest absolute Gasteiger partial charge is 0.351 e. The minimum Gasteiger partial charge on any atom is -0.351 e. The number of aromatic nitrogens is 1. The Morgan fingerprint density at radius 1 is 1.67 bits per heavy atom. The van der Waals surface area contributed by atoms with Gasteiger partial charge in [0.1, 0.15) is 4.88 Å². The molecule has 0 saturated heterocycles. The lowest BCUT2D eigenvalue weighted by Gasteiger charge is -2.13. The molecule has 0 spiro atoms. The first-order valence-electron chi connectivity index (χ1n) is 5.08. The van der Waals surface area contributed by atoms with Crippen LogP contribution in [0.4, 0.5) is 0 Å². The van der Waals surface area contributed by atoms with Gasteiger partial charge < -0.3 is 5.32 Å². The molecule has 1 amide bonds. The summed E-state index contributed by atoms with van der Waals surface area (Å²) in [6.45, 7) is 0.685. The number of nitrogens with one attached hydrogen (secondary N) is 1. The lowest BCUT2D eigenvalue weighted by Crippen LogP contribution is -2.30. The second kappa shape index (κ2) is 4.94. The maximum absolute atomic E-state index is 11.6. The van der Waals surface area contributed by atoms with Crippen LogP contribution in [0.25, 0.3) is 0 Å². The Kier molecular flexibility index (Phi) is 3.59. The normalized spacial score (nSPS) is 25.4. The molecular formula is C10H13ClN2OS. The highest BCUT2D eigenvalue weighted by Crippen LogP contribution is 2.29. The van der Waals surface area contributed by atoms with E-state index in [2.05, 4.69) is 10.3 Å². The van der Waals surface area contributed by atoms with Gasteiger partial charge in [0.15, 0.2) is 0 Å². The van der Waals surface area contributed by atoms with Gasteiger partial charge >= 0.3 is 0 Å². The van der Waals surface area contributed by atoms with E-state index in [0.717, 1.165) is 12.8 Å². The number of nitrogens with zero attached hydrogens (tertiary/aromatic N) is 1. The van der Waals surface area contributed by atoms with E-state index in [1.165, 1.54) is 17.8 Å². The lowest BCUT2D eigenvalue weighted by atomic mass is 10.1. The Labute approximate surface area is 97.9 Å². The smallest absolute Gasteiger partial charge is 0.263 e. The van der Waals surface area contributed by atoms with Gasteiger partial charge in [-0.15, -0.1) is 22.9 Å². The van der Waals surface area contributed by atoms with Gasteiger partial charge in [0, 0.05) is 11.9 Å². The molecule has 82 valence electrons. The predicted octanol–water partition coefficient (Wildman–Crippen LogP) is 2.28. The summed E-state index contributed by atoms with van der Waals surface area (Å²) in [6.07, 6.45) is 4.96. The average Bonchev–Trinajstić information content (AvgIpc) is 2.85. The van der Waals surface area contributed by atoms with Gasteiger partial charge in [-0.2, -0.15) is 0 Å². The summed E-state index contributed by atoms with van der Waals surface area (Å²) in [5.41, 5.74) is 1.66. The zero-order valence-electron chi connectivity index (χ0n) is 8.28. The van der Waals surface area contributed by atoms with Crippen molar-refractivity contribution >= 4 is 28.8 Å². The fourth-order valence-electron chi connectivity index (χ4n) is 1.86. The summed E-state index contributed by atoms with van der Waals surface area (Å²) in [7, 11) is 0. The minimum absolute atomic E-state index is 0.0340. The van der Waals surface area contributed by atoms with Crippen LogP contribution < -0.4 is 5.32 Å². The molecule has 5 heteroatoms. The molecular weight excluding hydrogens is 232 g/mol. The van der Waals surface area contributed by atoms with E-state index in [0.29, 0.717) is 17.3 Å². The van der Waals surface area contributed by atoms with Crippen LogP contribution in [0.5, 0.6) is 0 Å². The molecule has 0 bridgehead atoms. The number of carbonyl (C=O) groups excluding carboxylic acids is 1. The molecule has 1 heterocycles. The topological polar surface area (TPSA) is 42.0 Å². The Morgan fingerprint density at radius 2 is 2.53 bits per heavy atom. The zero-order chi connectivity index (χ0) is 10.7. The Hall–Kier alpha value is -0.610. The molecule has 2 unspecified atom stereocenters. The van der Waals surface area contributed by atoms with Crippen molar-refractivity contribution in [1.82, 2.24) is 10.3 Å². The molecule has 0 aromatic carbocycles. The molecule has 0 radical (unpaired) electrons. The Bertz CT molecular complexity index is 328. The van der Waals surface area contributed by atoms with Gasteiger partial charge in [0.2, 0.25) is 0 Å². The summed E-state index contributed by atoms with van der Waals surface area (Å²) < 4.78 is 0. The molecule has 1 aliphatic carbocycles. The van der Waals surface area contributed by atoms with E-state index in [1.54, 1.807) is 11.7 Å². The van der Waals surface area contributed by atoms with Gasteiger partial charge in [-0.05, 0) is 18.8 Å². The van der Waals surface area contributed by atoms with Crippen LogP contribution in [0.2, 0.25) is 0 Å². The highest BCUT2D eigenvalue weighted by molar-refractivity contribution is 7.11. The molecule has 1 saturated carbocycles. The molecule has 1 aromatic rings. The highest BCUT2D eigenvalue weighted by atomic mass is 35.5. The van der Waals surface area contributed by atoms with Gasteiger partial charge in [0.25, 0.3) is 5.91 Å². The highest BCUT2D eigenvalue weighted by Gasteiger charge is 2.25. The number of rotatable bonds is 3. The van der Waals surface area contributed by atoms with Gasteiger partial charge in [-0.25, -0.2) is 0 Å². The molecule has 0 aliphatic heterocycles. The van der Waals surface area contributed by atoms with E-state index in [9.17, 15) is 4.79 Å². The first-order valence-corrected chi connectivity index (χ1v) is 6.39. The van der Waals surface area contributed by atoms with Gasteiger partial charge in [0.05, 0.1) is 11.7 Å². The van der Waals surface area contributed by atoms with E-state index in [-0.39, 0.29) is 11.3 Å². The maximum atomic E-state index is 11.6. The fourth-order valence-corrected chi connectivity index (χ4v) is 2.77. The standard InChI is InChI=1S/C10H13ClN2OS/c11-8-3-1-2-7(8)4-13-10(14)9-5-12-6-15-9/h5-8H,1-4H2,(H,13,14). The Balaban J connectivity index is 1.81. The number of carbonyl (C=O) groups is 1. The van der Waals surface area contributed by atoms with E-state index < -0.39 is 0 Å². The van der Waals surface area contributed by atoms with Gasteiger partial charge in [-0.1, -0.05) is 6.42 Å². The van der Waals surface area contributed by atoms with E-state index in [4.69, 9.17) is 11.6 Å². The number of amides is 1. The SMILES string of the molecule is O=C(NCC1CCCC1Cl)c1cncs1. The van der Waals surface area contributed by atoms with Crippen LogP contribution in [0.3, 0.4) is 0 Å². The lowest BCUT2D eigenvalue weighted by molar-refractivity contribution is 0.0951. The average molecular weight is 245 g/mol. The van der Waals surface area contributed by atoms with Crippen LogP contribution >= 0.6 is 22.9 Å². The fraction of sp³-hybridized carbons (Fsp3) is 0.600. The summed E-state index contributed by atoms with van der Waals surface area (Å²) in [4.78, 5) is 16.1. The summed E-state index contributed by atoms with van der Waals surface area (Å²) in [5, 5.41) is 3.13. The number of halogens is 1. The first-order chi connectivity index (χ1) is 7.27. The van der Waals surface area contributed by atoms with Crippen LogP contribution in [0, 0.1) is 5.92 Å². The molecule has 1 fully saturated rings. The summed E-state index contributed by atoms with van der Waals surface area (Å²) in [6, 6.07) is 0. The number of hydrogen-bond acceptors (Lipinski definition) is 3. The monoisotopic (exact) mass is 244 g/mol. The number of hydrogen-bond donors (Lipinski definition) is 1. The van der Waals surface area contributed by atoms with Crippen molar-refractivity contribution in [2.45, 2.75) is 24.6 Å². The molecule has 3 nitrogen and oxygen atoms in total. The second-order valence-corrected chi connectivity index (χ2v) is 5.23. The van der Waals surface area contributed by atoms with E-state index >= 15 is 0 Å². The first kappa shape index (κ1) is 10.9. The molecule has 1 N–H and O–H groups in total. The molecule has 1 aromatic heterocycles. The van der Waals surface area contributed by atoms with Crippen LogP contribution in [-0.4, -0.2) is 22.8 Å². The third-order valence-electron chi connectivity index (χ3n) is 2.75. The second-order valence-electron chi connectivity index (χ2n) is 3.78. The zero-order valence-corrected chi connectivity index (χ0v) is 9.85. The quantitative estimate of drug-likeness (QED) is 0.829. The molecule has 2 rings (SSSR count). The van der Waals surface area contributed by atoms with Crippen molar-refractivity contribution < 1.29 is 4.79 Å². The summed E-state index contributed by atoms with van der Waals surface area (Å²) in [5.74, 6) is 0.400. The molecule has 1 aliphatic rings. The number of alkyl halides is 1. The maximum Gasteiger partial charge on any atom is 0.263 e. The Morgan fingerprint density at radius 3 is 3.13 bits per heavy atom. The van der Waals surface area contributed by atoms with Crippen molar-refractivity contribution in [1.29, 1.82) is 0 Å². The van der Waals surface area contributed by atoms with Crippen LogP contribution in [0.1, 0.15) is 28.9 Å². The third-order valence-corrected chi connectivity index (χ3v) is 4.09. The van der Waals surface area contributed by atoms with Crippen LogP contribution in [0.15, 0.2) is 11.7 Å². The summed E-state index contributed by atoms with van der Waals surface area (Å²) >= 11 is 7.48. The van der Waals surface area contributed by atoms with Crippen molar-refractivity contribution in [2.24, 2.45) is 5.92 Å². The van der Waals surface area contributed by atoms with Crippen molar-refractivity contribution in [3.63, 3.8) is 0 Å². The van der Waals surface area contributed by atoms with E-state index in [1.807, 2.05) is 0 Å². The van der Waals surface area contributed by atoms with Crippen molar-refractivity contribution in [3.8, 4) is 0 Å².